The monoisotopic (exact) mass is 354 g/mol. The van der Waals surface area contributed by atoms with E-state index in [1.165, 1.54) is 12.1 Å². The molecule has 0 radical (unpaired) electrons. The molecule has 0 aliphatic heterocycles. The molecular weight excluding hydrogens is 335 g/mol. The van der Waals surface area contributed by atoms with Crippen LogP contribution >= 0.6 is 23.2 Å². The Kier molecular flexibility index (Phi) is 7.94. The predicted molar refractivity (Wildman–Crippen MR) is 85.5 cm³/mol. The maximum atomic E-state index is 12.2. The third-order valence-electron chi connectivity index (χ3n) is 2.70. The number of hydrogen-bond donors (Lipinski definition) is 2. The Balaban J connectivity index is 2.94. The summed E-state index contributed by atoms with van der Waals surface area (Å²) in [5.41, 5.74) is 0.688. The summed E-state index contributed by atoms with van der Waals surface area (Å²) in [6.45, 7) is 6.08. The van der Waals surface area contributed by atoms with Gasteiger partial charge in [0.15, 0.2) is 0 Å². The molecule has 2 N–H and O–H groups in total. The minimum absolute atomic E-state index is 0.0259. The second-order valence-corrected chi connectivity index (χ2v) is 6.80. The quantitative estimate of drug-likeness (QED) is 0.668. The number of nitrogens with one attached hydrogen (secondary N) is 2. The first kappa shape index (κ1) is 18.7. The van der Waals surface area contributed by atoms with Crippen molar-refractivity contribution < 1.29 is 13.2 Å². The van der Waals surface area contributed by atoms with Crippen molar-refractivity contribution in [2.75, 3.05) is 26.3 Å². The lowest BCUT2D eigenvalue weighted by atomic mass is 10.2. The summed E-state index contributed by atoms with van der Waals surface area (Å²) in [5, 5.41) is 3.64. The minimum atomic E-state index is -3.68. The lowest BCUT2D eigenvalue weighted by Gasteiger charge is -2.12. The Morgan fingerprint density at radius 2 is 1.90 bits per heavy atom. The van der Waals surface area contributed by atoms with Gasteiger partial charge in [0.1, 0.15) is 4.90 Å². The third-order valence-corrected chi connectivity index (χ3v) is 4.98. The van der Waals surface area contributed by atoms with Gasteiger partial charge in [0.2, 0.25) is 10.0 Å². The van der Waals surface area contributed by atoms with Crippen molar-refractivity contribution in [2.24, 2.45) is 0 Å². The van der Waals surface area contributed by atoms with E-state index in [2.05, 4.69) is 10.0 Å². The van der Waals surface area contributed by atoms with Gasteiger partial charge in [-0.05, 0) is 31.2 Å². The molecule has 0 spiro atoms. The minimum Gasteiger partial charge on any atom is -0.380 e. The molecule has 5 nitrogen and oxygen atoms in total. The highest BCUT2D eigenvalue weighted by Gasteiger charge is 2.19. The van der Waals surface area contributed by atoms with Crippen molar-refractivity contribution in [3.05, 3.63) is 27.7 Å². The van der Waals surface area contributed by atoms with Crippen LogP contribution in [0.15, 0.2) is 17.0 Å². The molecule has 1 rings (SSSR count). The Bertz CT molecular complexity index is 565. The van der Waals surface area contributed by atoms with Crippen molar-refractivity contribution in [1.82, 2.24) is 10.0 Å². The average molecular weight is 355 g/mol. The smallest absolute Gasteiger partial charge is 0.242 e. The van der Waals surface area contributed by atoms with Crippen LogP contribution in [0.3, 0.4) is 0 Å². The van der Waals surface area contributed by atoms with Crippen LogP contribution in [-0.4, -0.2) is 34.7 Å². The molecule has 0 unspecified atom stereocenters. The largest absolute Gasteiger partial charge is 0.380 e. The summed E-state index contributed by atoms with van der Waals surface area (Å²) in [4.78, 5) is 0.0259. The number of ether oxygens (including phenoxy) is 1. The Morgan fingerprint density at radius 1 is 1.19 bits per heavy atom. The number of sulfonamides is 1. The molecule has 0 aromatic heterocycles. The van der Waals surface area contributed by atoms with Gasteiger partial charge in [0.25, 0.3) is 0 Å². The van der Waals surface area contributed by atoms with E-state index < -0.39 is 10.0 Å². The summed E-state index contributed by atoms with van der Waals surface area (Å²) in [5.74, 6) is 0. The van der Waals surface area contributed by atoms with Crippen LogP contribution in [0.2, 0.25) is 10.0 Å². The molecule has 0 saturated heterocycles. The van der Waals surface area contributed by atoms with E-state index in [1.54, 1.807) is 0 Å². The fourth-order valence-corrected chi connectivity index (χ4v) is 3.52. The molecule has 1 aromatic rings. The molecule has 21 heavy (non-hydrogen) atoms. The second kappa shape index (κ2) is 8.92. The zero-order chi connectivity index (χ0) is 15.9. The summed E-state index contributed by atoms with van der Waals surface area (Å²) < 4.78 is 32.0. The molecule has 0 fully saturated rings. The number of hydrogen-bond acceptors (Lipinski definition) is 4. The maximum absolute atomic E-state index is 12.2. The normalized spacial score (nSPS) is 11.8. The molecule has 8 heteroatoms. The molecule has 0 bridgehead atoms. The molecule has 0 aliphatic carbocycles. The molecule has 1 aromatic carbocycles. The number of halogens is 2. The third kappa shape index (κ3) is 5.73. The standard InChI is InChI=1S/C13H20Cl2N2O3S/c1-3-16-9-10-7-13(12(15)8-11(10)14)21(18,19)17-5-6-20-4-2/h7-8,16-17H,3-6,9H2,1-2H3. The van der Waals surface area contributed by atoms with Gasteiger partial charge in [0.05, 0.1) is 11.6 Å². The molecule has 0 atom stereocenters. The molecular formula is C13H20Cl2N2O3S. The van der Waals surface area contributed by atoms with Crippen LogP contribution in [0, 0.1) is 0 Å². The zero-order valence-corrected chi connectivity index (χ0v) is 14.4. The van der Waals surface area contributed by atoms with Crippen molar-refractivity contribution in [1.29, 1.82) is 0 Å². The van der Waals surface area contributed by atoms with E-state index in [4.69, 9.17) is 27.9 Å². The predicted octanol–water partition coefficient (Wildman–Crippen LogP) is 2.42. The van der Waals surface area contributed by atoms with Crippen LogP contribution in [0.25, 0.3) is 0 Å². The van der Waals surface area contributed by atoms with Gasteiger partial charge in [-0.25, -0.2) is 13.1 Å². The first-order chi connectivity index (χ1) is 9.92. The fraction of sp³-hybridized carbons (Fsp3) is 0.538. The average Bonchev–Trinajstić information content (AvgIpc) is 2.42. The molecule has 120 valence electrons. The van der Waals surface area contributed by atoms with Crippen molar-refractivity contribution >= 4 is 33.2 Å². The summed E-state index contributed by atoms with van der Waals surface area (Å²) in [6, 6.07) is 2.95. The highest BCUT2D eigenvalue weighted by molar-refractivity contribution is 7.89. The Labute approximate surface area is 136 Å². The summed E-state index contributed by atoms with van der Waals surface area (Å²) in [7, 11) is -3.68. The van der Waals surface area contributed by atoms with Gasteiger partial charge in [-0.2, -0.15) is 0 Å². The van der Waals surface area contributed by atoms with E-state index in [9.17, 15) is 8.42 Å². The second-order valence-electron chi connectivity index (χ2n) is 4.25. The van der Waals surface area contributed by atoms with E-state index in [-0.39, 0.29) is 16.5 Å². The van der Waals surface area contributed by atoms with Gasteiger partial charge in [-0.15, -0.1) is 0 Å². The highest BCUT2D eigenvalue weighted by Crippen LogP contribution is 2.28. The SMILES string of the molecule is CCNCc1cc(S(=O)(=O)NCCOCC)c(Cl)cc1Cl. The zero-order valence-electron chi connectivity index (χ0n) is 12.1. The van der Waals surface area contributed by atoms with Crippen molar-refractivity contribution in [2.45, 2.75) is 25.3 Å². The molecule has 0 heterocycles. The topological polar surface area (TPSA) is 67.4 Å². The van der Waals surface area contributed by atoms with Crippen molar-refractivity contribution in [3.8, 4) is 0 Å². The van der Waals surface area contributed by atoms with Crippen LogP contribution < -0.4 is 10.0 Å². The molecule has 0 saturated carbocycles. The van der Waals surface area contributed by atoms with Gasteiger partial charge in [-0.1, -0.05) is 30.1 Å². The van der Waals surface area contributed by atoms with Gasteiger partial charge >= 0.3 is 0 Å². The Morgan fingerprint density at radius 3 is 2.52 bits per heavy atom. The van der Waals surface area contributed by atoms with Gasteiger partial charge in [-0.3, -0.25) is 0 Å². The van der Waals surface area contributed by atoms with E-state index in [0.29, 0.717) is 30.3 Å². The molecule has 0 amide bonds. The van der Waals surface area contributed by atoms with Gasteiger partial charge < -0.3 is 10.1 Å². The number of benzene rings is 1. The lowest BCUT2D eigenvalue weighted by Crippen LogP contribution is -2.28. The summed E-state index contributed by atoms with van der Waals surface area (Å²) in [6.07, 6.45) is 0. The van der Waals surface area contributed by atoms with E-state index in [0.717, 1.165) is 6.54 Å². The van der Waals surface area contributed by atoms with Crippen LogP contribution in [0.5, 0.6) is 0 Å². The first-order valence-electron chi connectivity index (χ1n) is 6.68. The number of rotatable bonds is 9. The lowest BCUT2D eigenvalue weighted by molar-refractivity contribution is 0.153. The van der Waals surface area contributed by atoms with E-state index in [1.807, 2.05) is 13.8 Å². The fourth-order valence-electron chi connectivity index (χ4n) is 1.64. The van der Waals surface area contributed by atoms with Crippen LogP contribution in [0.4, 0.5) is 0 Å². The van der Waals surface area contributed by atoms with Crippen molar-refractivity contribution in [3.63, 3.8) is 0 Å². The highest BCUT2D eigenvalue weighted by atomic mass is 35.5. The van der Waals surface area contributed by atoms with E-state index >= 15 is 0 Å². The first-order valence-corrected chi connectivity index (χ1v) is 8.92. The maximum Gasteiger partial charge on any atom is 0.242 e. The van der Waals surface area contributed by atoms with Crippen LogP contribution in [0.1, 0.15) is 19.4 Å². The molecule has 0 aliphatic rings. The van der Waals surface area contributed by atoms with Crippen LogP contribution in [-0.2, 0) is 21.3 Å². The van der Waals surface area contributed by atoms with Gasteiger partial charge in [0, 0.05) is 24.7 Å². The summed E-state index contributed by atoms with van der Waals surface area (Å²) >= 11 is 12.1. The Hall–Kier alpha value is -0.370.